The van der Waals surface area contributed by atoms with Crippen molar-refractivity contribution in [3.05, 3.63) is 90.3 Å². The van der Waals surface area contributed by atoms with E-state index in [1.165, 1.54) is 0 Å². The Hall–Kier alpha value is -2.44. The Morgan fingerprint density at radius 3 is 2.76 bits per heavy atom. The fourth-order valence-corrected chi connectivity index (χ4v) is 4.26. The van der Waals surface area contributed by atoms with Crippen LogP contribution in [0.5, 0.6) is 0 Å². The van der Waals surface area contributed by atoms with E-state index in [-0.39, 0.29) is 11.5 Å². The van der Waals surface area contributed by atoms with Gasteiger partial charge in [0.05, 0.1) is 16.3 Å². The number of amides is 1. The van der Waals surface area contributed by atoms with Crippen molar-refractivity contribution in [1.82, 2.24) is 10.2 Å². The molecule has 0 bridgehead atoms. The molecule has 7 heteroatoms. The average Bonchev–Trinajstić information content (AvgIpc) is 2.72. The van der Waals surface area contributed by atoms with Gasteiger partial charge in [0.1, 0.15) is 0 Å². The van der Waals surface area contributed by atoms with Gasteiger partial charge in [-0.1, -0.05) is 39.7 Å². The first-order chi connectivity index (χ1) is 14.0. The van der Waals surface area contributed by atoms with Crippen LogP contribution >= 0.6 is 27.5 Å². The van der Waals surface area contributed by atoms with E-state index in [2.05, 4.69) is 31.4 Å². The number of halogens is 2. The number of carbonyl (C=O) groups is 1. The number of benzene rings is 2. The molecular formula is C22H19BrClN3O2. The summed E-state index contributed by atoms with van der Waals surface area (Å²) in [6, 6.07) is 12.8. The number of hydrogen-bond acceptors (Lipinski definition) is 3. The number of nitrogens with zero attached hydrogens (tertiary/aromatic N) is 1. The molecule has 1 amide bonds. The van der Waals surface area contributed by atoms with Crippen LogP contribution in [0.3, 0.4) is 0 Å². The van der Waals surface area contributed by atoms with Gasteiger partial charge in [-0.25, -0.2) is 5.10 Å². The van der Waals surface area contributed by atoms with Crippen LogP contribution in [0, 0.1) is 0 Å². The highest BCUT2D eigenvalue weighted by atomic mass is 79.9. The van der Waals surface area contributed by atoms with E-state index < -0.39 is 0 Å². The first kappa shape index (κ1) is 19.9. The SMILES string of the molecule is O=C(Nc1cccc(Cc2n[nH]c(=O)c3c2CCCC3)c1)c1cc(Br)ccc1Cl. The first-order valence-electron chi connectivity index (χ1n) is 9.46. The zero-order valence-corrected chi connectivity index (χ0v) is 17.9. The normalized spacial score (nSPS) is 13.0. The number of aromatic nitrogens is 2. The van der Waals surface area contributed by atoms with Gasteiger partial charge in [0, 0.05) is 22.1 Å². The molecule has 0 saturated carbocycles. The van der Waals surface area contributed by atoms with Crippen LogP contribution in [0.2, 0.25) is 5.02 Å². The largest absolute Gasteiger partial charge is 0.322 e. The van der Waals surface area contributed by atoms with Crippen molar-refractivity contribution in [1.29, 1.82) is 0 Å². The van der Waals surface area contributed by atoms with Gasteiger partial charge in [-0.15, -0.1) is 0 Å². The Balaban J connectivity index is 1.56. The first-order valence-corrected chi connectivity index (χ1v) is 10.6. The number of anilines is 1. The maximum atomic E-state index is 12.6. The lowest BCUT2D eigenvalue weighted by Gasteiger charge is -2.17. The Morgan fingerprint density at radius 1 is 1.14 bits per heavy atom. The Bertz CT molecular complexity index is 1140. The van der Waals surface area contributed by atoms with Gasteiger partial charge in [-0.3, -0.25) is 9.59 Å². The van der Waals surface area contributed by atoms with E-state index in [9.17, 15) is 9.59 Å². The number of aromatic amines is 1. The predicted octanol–water partition coefficient (Wildman–Crippen LogP) is 4.91. The van der Waals surface area contributed by atoms with E-state index in [1.807, 2.05) is 24.3 Å². The molecular weight excluding hydrogens is 454 g/mol. The number of hydrogen-bond donors (Lipinski definition) is 2. The lowest BCUT2D eigenvalue weighted by molar-refractivity contribution is 0.102. The van der Waals surface area contributed by atoms with Crippen molar-refractivity contribution < 1.29 is 4.79 Å². The topological polar surface area (TPSA) is 74.8 Å². The maximum Gasteiger partial charge on any atom is 0.267 e. The minimum Gasteiger partial charge on any atom is -0.322 e. The molecule has 1 aromatic heterocycles. The third kappa shape index (κ3) is 4.43. The standard InChI is InChI=1S/C22H19BrClN3O2/c23-14-8-9-19(24)18(12-14)21(28)25-15-5-3-4-13(10-15)11-20-16-6-1-2-7-17(16)22(29)27-26-20/h3-5,8-10,12H,1-2,6-7,11H2,(H,25,28)(H,27,29). The summed E-state index contributed by atoms with van der Waals surface area (Å²) >= 11 is 9.52. The molecule has 0 spiro atoms. The molecule has 2 aromatic carbocycles. The zero-order valence-electron chi connectivity index (χ0n) is 15.6. The second-order valence-corrected chi connectivity index (χ2v) is 8.44. The molecule has 29 heavy (non-hydrogen) atoms. The van der Waals surface area contributed by atoms with Crippen molar-refractivity contribution in [3.63, 3.8) is 0 Å². The van der Waals surface area contributed by atoms with Gasteiger partial charge < -0.3 is 5.32 Å². The average molecular weight is 473 g/mol. The smallest absolute Gasteiger partial charge is 0.267 e. The highest BCUT2D eigenvalue weighted by molar-refractivity contribution is 9.10. The highest BCUT2D eigenvalue weighted by Gasteiger charge is 2.18. The van der Waals surface area contributed by atoms with Crippen molar-refractivity contribution in [2.75, 3.05) is 5.32 Å². The van der Waals surface area contributed by atoms with Crippen LogP contribution in [-0.2, 0) is 19.3 Å². The summed E-state index contributed by atoms with van der Waals surface area (Å²) in [5.41, 5.74) is 4.87. The minimum atomic E-state index is -0.270. The number of nitrogens with one attached hydrogen (secondary N) is 2. The molecule has 0 radical (unpaired) electrons. The fraction of sp³-hybridized carbons (Fsp3) is 0.227. The van der Waals surface area contributed by atoms with Crippen molar-refractivity contribution in [2.45, 2.75) is 32.1 Å². The Labute approximate surface area is 181 Å². The fourth-order valence-electron chi connectivity index (χ4n) is 3.70. The van der Waals surface area contributed by atoms with E-state index in [0.29, 0.717) is 22.7 Å². The molecule has 0 saturated heterocycles. The Morgan fingerprint density at radius 2 is 1.93 bits per heavy atom. The number of H-pyrrole nitrogens is 1. The molecule has 2 N–H and O–H groups in total. The second-order valence-electron chi connectivity index (χ2n) is 7.12. The van der Waals surface area contributed by atoms with Gasteiger partial charge in [0.25, 0.3) is 11.5 Å². The van der Waals surface area contributed by atoms with Gasteiger partial charge in [-0.05, 0) is 67.1 Å². The third-order valence-corrected chi connectivity index (χ3v) is 5.93. The molecule has 5 nitrogen and oxygen atoms in total. The van der Waals surface area contributed by atoms with Gasteiger partial charge in [-0.2, -0.15) is 5.10 Å². The summed E-state index contributed by atoms with van der Waals surface area (Å²) in [4.78, 5) is 24.7. The maximum absolute atomic E-state index is 12.6. The van der Waals surface area contributed by atoms with Gasteiger partial charge >= 0.3 is 0 Å². The number of fused-ring (bicyclic) bond motifs is 1. The van der Waals surface area contributed by atoms with Gasteiger partial charge in [0.2, 0.25) is 0 Å². The van der Waals surface area contributed by atoms with Gasteiger partial charge in [0.15, 0.2) is 0 Å². The molecule has 0 unspecified atom stereocenters. The molecule has 4 rings (SSSR count). The van der Waals surface area contributed by atoms with Crippen LogP contribution in [0.1, 0.15) is 45.6 Å². The van der Waals surface area contributed by atoms with Crippen molar-refractivity contribution in [2.24, 2.45) is 0 Å². The summed E-state index contributed by atoms with van der Waals surface area (Å²) in [7, 11) is 0. The summed E-state index contributed by atoms with van der Waals surface area (Å²) in [5, 5.41) is 10.2. The lowest BCUT2D eigenvalue weighted by atomic mass is 9.90. The van der Waals surface area contributed by atoms with Crippen molar-refractivity contribution in [3.8, 4) is 0 Å². The van der Waals surface area contributed by atoms with Crippen molar-refractivity contribution >= 4 is 39.1 Å². The monoisotopic (exact) mass is 471 g/mol. The minimum absolute atomic E-state index is 0.0737. The molecule has 0 fully saturated rings. The van der Waals surface area contributed by atoms with Crippen LogP contribution in [0.4, 0.5) is 5.69 Å². The zero-order chi connectivity index (χ0) is 20.4. The number of carbonyl (C=O) groups excluding carboxylic acids is 1. The molecule has 0 aliphatic heterocycles. The summed E-state index contributed by atoms with van der Waals surface area (Å²) < 4.78 is 0.787. The molecule has 1 aliphatic carbocycles. The molecule has 3 aromatic rings. The quantitative estimate of drug-likeness (QED) is 0.567. The van der Waals surface area contributed by atoms with E-state index >= 15 is 0 Å². The molecule has 0 atom stereocenters. The third-order valence-electron chi connectivity index (χ3n) is 5.11. The summed E-state index contributed by atoms with van der Waals surface area (Å²) in [5.74, 6) is -0.270. The van der Waals surface area contributed by atoms with Crippen LogP contribution in [0.15, 0.2) is 51.7 Å². The van der Waals surface area contributed by atoms with E-state index in [1.54, 1.807) is 18.2 Å². The Kier molecular flexibility index (Phi) is 5.83. The molecule has 1 aliphatic rings. The molecule has 148 valence electrons. The summed E-state index contributed by atoms with van der Waals surface area (Å²) in [6.45, 7) is 0. The van der Waals surface area contributed by atoms with Crippen LogP contribution in [-0.4, -0.2) is 16.1 Å². The van der Waals surface area contributed by atoms with Crippen LogP contribution < -0.4 is 10.9 Å². The molecule has 1 heterocycles. The number of rotatable bonds is 4. The predicted molar refractivity (Wildman–Crippen MR) is 118 cm³/mol. The lowest BCUT2D eigenvalue weighted by Crippen LogP contribution is -2.23. The second kappa shape index (κ2) is 8.51. The van der Waals surface area contributed by atoms with E-state index in [0.717, 1.165) is 52.5 Å². The van der Waals surface area contributed by atoms with E-state index in [4.69, 9.17) is 11.6 Å². The highest BCUT2D eigenvalue weighted by Crippen LogP contribution is 2.24. The van der Waals surface area contributed by atoms with Crippen LogP contribution in [0.25, 0.3) is 0 Å². The summed E-state index contributed by atoms with van der Waals surface area (Å²) in [6.07, 6.45) is 4.41.